The summed E-state index contributed by atoms with van der Waals surface area (Å²) in [6, 6.07) is 5.53. The number of hydrogen-bond donors (Lipinski definition) is 2. The number of rotatable bonds is 11. The van der Waals surface area contributed by atoms with Crippen molar-refractivity contribution in [1.29, 1.82) is 0 Å². The molecule has 2 aliphatic heterocycles. The summed E-state index contributed by atoms with van der Waals surface area (Å²) >= 11 is 13.6. The van der Waals surface area contributed by atoms with Gasteiger partial charge in [-0.1, -0.05) is 29.8 Å². The molecule has 3 aromatic rings. The van der Waals surface area contributed by atoms with Crippen LogP contribution in [0.2, 0.25) is 10.0 Å². The van der Waals surface area contributed by atoms with Crippen LogP contribution in [0.25, 0.3) is 22.0 Å². The maximum atomic E-state index is 12.0. The quantitative estimate of drug-likeness (QED) is 0.254. The molecule has 0 bridgehead atoms. The molecule has 2 atom stereocenters. The zero-order chi connectivity index (χ0) is 29.8. The molecule has 2 aliphatic rings. The first-order chi connectivity index (χ1) is 20.3. The number of benzene rings is 1. The van der Waals surface area contributed by atoms with Crippen molar-refractivity contribution in [2.24, 2.45) is 11.8 Å². The molecular weight excluding hydrogens is 577 g/mol. The number of hydrogen-bond acceptors (Lipinski definition) is 9. The van der Waals surface area contributed by atoms with Gasteiger partial charge in [-0.15, -0.1) is 0 Å². The van der Waals surface area contributed by atoms with Crippen molar-refractivity contribution >= 4 is 51.4 Å². The zero-order valence-electron chi connectivity index (χ0n) is 24.2. The Balaban J connectivity index is 1.53. The number of fused-ring (bicyclic) bond motifs is 1. The number of nitrogens with zero attached hydrogens (tertiary/aromatic N) is 3. The molecule has 11 heteroatoms. The summed E-state index contributed by atoms with van der Waals surface area (Å²) in [6.45, 7) is 7.56. The highest BCUT2D eigenvalue weighted by Gasteiger charge is 2.30. The van der Waals surface area contributed by atoms with Crippen LogP contribution in [0.4, 0.5) is 11.6 Å². The number of carbonyl (C=O) groups is 1. The minimum absolute atomic E-state index is 0.00684. The zero-order valence-corrected chi connectivity index (χ0v) is 25.7. The maximum Gasteiger partial charge on any atom is 0.155 e. The molecule has 0 radical (unpaired) electrons. The Morgan fingerprint density at radius 1 is 1.14 bits per heavy atom. The maximum absolute atomic E-state index is 12.0. The summed E-state index contributed by atoms with van der Waals surface area (Å²) in [5, 5.41) is 9.59. The van der Waals surface area contributed by atoms with E-state index in [1.165, 1.54) is 6.08 Å². The van der Waals surface area contributed by atoms with Crippen LogP contribution >= 0.6 is 23.2 Å². The van der Waals surface area contributed by atoms with Crippen LogP contribution in [-0.2, 0) is 9.53 Å². The second kappa shape index (κ2) is 13.5. The van der Waals surface area contributed by atoms with Crippen LogP contribution < -0.4 is 20.1 Å². The minimum atomic E-state index is -0.0384. The van der Waals surface area contributed by atoms with E-state index in [9.17, 15) is 4.79 Å². The van der Waals surface area contributed by atoms with Gasteiger partial charge in [-0.2, -0.15) is 0 Å². The number of ketones is 1. The first kappa shape index (κ1) is 30.4. The van der Waals surface area contributed by atoms with Crippen LogP contribution in [0.5, 0.6) is 11.5 Å². The normalized spacial score (nSPS) is 19.5. The molecule has 0 amide bonds. The van der Waals surface area contributed by atoms with Crippen molar-refractivity contribution < 1.29 is 19.0 Å². The first-order valence-corrected chi connectivity index (χ1v) is 14.9. The number of ether oxygens (including phenoxy) is 3. The molecule has 2 fully saturated rings. The van der Waals surface area contributed by atoms with E-state index in [-0.39, 0.29) is 17.7 Å². The Labute approximate surface area is 256 Å². The van der Waals surface area contributed by atoms with Crippen molar-refractivity contribution in [3.63, 3.8) is 0 Å². The van der Waals surface area contributed by atoms with Crippen molar-refractivity contribution in [2.45, 2.75) is 25.3 Å². The highest BCUT2D eigenvalue weighted by molar-refractivity contribution is 6.41. The first-order valence-electron chi connectivity index (χ1n) is 14.1. The molecule has 5 rings (SSSR count). The SMILES string of the molecule is C=CC(=O)C[C@H]1COC[C@H]1Nc1cc2c(NCC3CCN(C)CC3)nc(-c3c(Cl)c(OC)cc(OC)c3Cl)cc2cn1. The number of anilines is 2. The van der Waals surface area contributed by atoms with Gasteiger partial charge in [0.05, 0.1) is 49.2 Å². The molecule has 0 saturated carbocycles. The number of piperidine rings is 1. The third kappa shape index (κ3) is 6.59. The number of aromatic nitrogens is 2. The van der Waals surface area contributed by atoms with E-state index in [4.69, 9.17) is 47.4 Å². The molecule has 42 heavy (non-hydrogen) atoms. The van der Waals surface area contributed by atoms with Gasteiger partial charge in [0.15, 0.2) is 5.78 Å². The molecule has 2 saturated heterocycles. The molecule has 2 aromatic heterocycles. The van der Waals surface area contributed by atoms with Gasteiger partial charge < -0.3 is 29.7 Å². The molecule has 1 aromatic carbocycles. The molecule has 9 nitrogen and oxygen atoms in total. The van der Waals surface area contributed by atoms with Crippen LogP contribution in [0, 0.1) is 11.8 Å². The second-order valence-electron chi connectivity index (χ2n) is 11.0. The number of likely N-dealkylation sites (tertiary alicyclic amines) is 1. The molecule has 224 valence electrons. The van der Waals surface area contributed by atoms with Gasteiger partial charge in [0.1, 0.15) is 23.1 Å². The second-order valence-corrected chi connectivity index (χ2v) is 11.7. The number of halogens is 2. The fourth-order valence-corrected chi connectivity index (χ4v) is 6.29. The Kier molecular flexibility index (Phi) is 9.73. The lowest BCUT2D eigenvalue weighted by Gasteiger charge is -2.29. The van der Waals surface area contributed by atoms with Gasteiger partial charge in [0, 0.05) is 47.5 Å². The third-order valence-electron chi connectivity index (χ3n) is 8.16. The average Bonchev–Trinajstić information content (AvgIpc) is 3.42. The highest BCUT2D eigenvalue weighted by atomic mass is 35.5. The number of pyridine rings is 2. The van der Waals surface area contributed by atoms with Crippen LogP contribution in [0.3, 0.4) is 0 Å². The lowest BCUT2D eigenvalue weighted by molar-refractivity contribution is -0.115. The number of allylic oxidation sites excluding steroid dienone is 1. The van der Waals surface area contributed by atoms with Gasteiger partial charge in [-0.05, 0) is 57.1 Å². The summed E-state index contributed by atoms with van der Waals surface area (Å²) in [6.07, 6.45) is 5.79. The van der Waals surface area contributed by atoms with Crippen molar-refractivity contribution in [1.82, 2.24) is 14.9 Å². The summed E-state index contributed by atoms with van der Waals surface area (Å²) in [5.74, 6) is 2.86. The van der Waals surface area contributed by atoms with Crippen LogP contribution in [0.1, 0.15) is 19.3 Å². The lowest BCUT2D eigenvalue weighted by atomic mass is 9.97. The van der Waals surface area contributed by atoms with Gasteiger partial charge >= 0.3 is 0 Å². The summed E-state index contributed by atoms with van der Waals surface area (Å²) < 4.78 is 16.7. The summed E-state index contributed by atoms with van der Waals surface area (Å²) in [5.41, 5.74) is 1.11. The predicted octanol–water partition coefficient (Wildman–Crippen LogP) is 5.95. The fourth-order valence-electron chi connectivity index (χ4n) is 5.60. The number of carbonyl (C=O) groups excluding carboxylic acids is 1. The van der Waals surface area contributed by atoms with Crippen molar-refractivity contribution in [2.75, 3.05) is 64.7 Å². The number of nitrogens with one attached hydrogen (secondary N) is 2. The van der Waals surface area contributed by atoms with E-state index < -0.39 is 0 Å². The Morgan fingerprint density at radius 2 is 1.86 bits per heavy atom. The molecule has 2 N–H and O–H groups in total. The van der Waals surface area contributed by atoms with E-state index in [0.717, 1.165) is 43.2 Å². The average molecular weight is 615 g/mol. The Hall–Kier alpha value is -3.11. The molecule has 0 aliphatic carbocycles. The minimum Gasteiger partial charge on any atom is -0.495 e. The highest BCUT2D eigenvalue weighted by Crippen LogP contribution is 2.46. The topological polar surface area (TPSA) is 97.8 Å². The van der Waals surface area contributed by atoms with E-state index in [0.29, 0.717) is 70.0 Å². The molecular formula is C31H37Cl2N5O4. The van der Waals surface area contributed by atoms with Gasteiger partial charge in [-0.25, -0.2) is 9.97 Å². The van der Waals surface area contributed by atoms with Gasteiger partial charge in [0.2, 0.25) is 0 Å². The van der Waals surface area contributed by atoms with E-state index in [1.807, 2.05) is 18.3 Å². The van der Waals surface area contributed by atoms with Gasteiger partial charge in [-0.3, -0.25) is 4.79 Å². The largest absolute Gasteiger partial charge is 0.495 e. The monoisotopic (exact) mass is 613 g/mol. The van der Waals surface area contributed by atoms with E-state index in [1.54, 1.807) is 20.3 Å². The molecule has 0 spiro atoms. The van der Waals surface area contributed by atoms with E-state index in [2.05, 4.69) is 29.2 Å². The Bertz CT molecular complexity index is 1430. The molecule has 4 heterocycles. The fraction of sp³-hybridized carbons (Fsp3) is 0.452. The summed E-state index contributed by atoms with van der Waals surface area (Å²) in [4.78, 5) is 24.1. The van der Waals surface area contributed by atoms with Crippen molar-refractivity contribution in [3.05, 3.63) is 47.1 Å². The number of methoxy groups -OCH3 is 2. The van der Waals surface area contributed by atoms with Crippen LogP contribution in [-0.4, -0.2) is 80.8 Å². The van der Waals surface area contributed by atoms with Gasteiger partial charge in [0.25, 0.3) is 0 Å². The smallest absolute Gasteiger partial charge is 0.155 e. The lowest BCUT2D eigenvalue weighted by Crippen LogP contribution is -2.33. The summed E-state index contributed by atoms with van der Waals surface area (Å²) in [7, 11) is 5.26. The third-order valence-corrected chi connectivity index (χ3v) is 8.91. The Morgan fingerprint density at radius 3 is 2.52 bits per heavy atom. The van der Waals surface area contributed by atoms with Crippen LogP contribution in [0.15, 0.2) is 37.1 Å². The van der Waals surface area contributed by atoms with E-state index >= 15 is 0 Å². The van der Waals surface area contributed by atoms with Crippen molar-refractivity contribution in [3.8, 4) is 22.8 Å². The predicted molar refractivity (Wildman–Crippen MR) is 168 cm³/mol. The standard InChI is InChI=1S/C31H37Cl2N5O4/c1-5-21(39)10-20-16-42-17-24(20)36-27-12-22-19(15-34-27)11-23(28-29(32)25(40-3)13-26(41-4)30(28)33)37-31(22)35-14-18-6-8-38(2)9-7-18/h5,11-13,15,18,20,24H,1,6-10,14,16-17H2,2-4H3,(H,34,36)(H,35,37)/t20-,24+/m0/s1. The molecule has 0 unspecified atom stereocenters.